The van der Waals surface area contributed by atoms with Gasteiger partial charge in [-0.3, -0.25) is 19.2 Å². The number of carboxylic acids is 1. The number of rotatable bonds is 26. The molecule has 0 unspecified atom stereocenters. The molecule has 0 bridgehead atoms. The lowest BCUT2D eigenvalue weighted by atomic mass is 9.83. The van der Waals surface area contributed by atoms with Crippen molar-refractivity contribution in [3.63, 3.8) is 0 Å². The summed E-state index contributed by atoms with van der Waals surface area (Å²) in [6, 6.07) is 12.9. The maximum absolute atomic E-state index is 15.1. The van der Waals surface area contributed by atoms with E-state index < -0.39 is 41.0 Å². The van der Waals surface area contributed by atoms with Gasteiger partial charge in [0.05, 0.1) is 11.8 Å². The summed E-state index contributed by atoms with van der Waals surface area (Å²) in [6.07, 6.45) is 4.99. The molecule has 0 aliphatic heterocycles. The van der Waals surface area contributed by atoms with Crippen LogP contribution >= 0.6 is 11.8 Å². The van der Waals surface area contributed by atoms with Crippen molar-refractivity contribution in [1.82, 2.24) is 25.0 Å². The summed E-state index contributed by atoms with van der Waals surface area (Å²) in [6.45, 7) is 17.8. The summed E-state index contributed by atoms with van der Waals surface area (Å²) >= 11 is 1.08. The third kappa shape index (κ3) is 16.1. The third-order valence-electron chi connectivity index (χ3n) is 11.5. The molecular weight excluding hydrogens is 827 g/mol. The molecule has 0 spiro atoms. The van der Waals surface area contributed by atoms with Gasteiger partial charge in [0.1, 0.15) is 17.7 Å². The number of hydrogen-bond acceptors (Lipinski definition) is 7. The Kier molecular flexibility index (Phi) is 20.8. The van der Waals surface area contributed by atoms with Crippen LogP contribution in [0.4, 0.5) is 8.78 Å². The molecule has 3 aromatic rings. The van der Waals surface area contributed by atoms with Gasteiger partial charge in [-0.1, -0.05) is 78.3 Å². The lowest BCUT2D eigenvalue weighted by molar-refractivity contribution is -0.141. The van der Waals surface area contributed by atoms with Gasteiger partial charge in [0.2, 0.25) is 23.6 Å². The zero-order valence-corrected chi connectivity index (χ0v) is 39.3. The van der Waals surface area contributed by atoms with Crippen LogP contribution in [0.5, 0.6) is 0 Å². The van der Waals surface area contributed by atoms with E-state index in [-0.39, 0.29) is 72.2 Å². The van der Waals surface area contributed by atoms with E-state index in [4.69, 9.17) is 5.73 Å². The Morgan fingerprint density at radius 1 is 0.873 bits per heavy atom. The van der Waals surface area contributed by atoms with Gasteiger partial charge in [0.15, 0.2) is 0 Å². The number of carbonyl (C=O) groups is 5. The van der Waals surface area contributed by atoms with Gasteiger partial charge in [-0.15, -0.1) is 11.8 Å². The van der Waals surface area contributed by atoms with Gasteiger partial charge in [-0.05, 0) is 80.8 Å². The van der Waals surface area contributed by atoms with Gasteiger partial charge in [-0.2, -0.15) is 0 Å². The summed E-state index contributed by atoms with van der Waals surface area (Å²) in [7, 11) is 0. The van der Waals surface area contributed by atoms with Crippen molar-refractivity contribution in [3.05, 3.63) is 83.7 Å². The van der Waals surface area contributed by atoms with E-state index in [9.17, 15) is 33.5 Å². The molecule has 1 aromatic heterocycles. The number of aliphatic carboxylic acids is 1. The minimum Gasteiger partial charge on any atom is -0.480 e. The molecule has 348 valence electrons. The van der Waals surface area contributed by atoms with Crippen LogP contribution < -0.4 is 16.4 Å². The van der Waals surface area contributed by atoms with Gasteiger partial charge >= 0.3 is 5.97 Å². The minimum absolute atomic E-state index is 0.0356. The summed E-state index contributed by atoms with van der Waals surface area (Å²) < 4.78 is 31.5. The number of hydrogen-bond donors (Lipinski definition) is 4. The molecule has 0 aliphatic rings. The van der Waals surface area contributed by atoms with Crippen molar-refractivity contribution in [2.45, 2.75) is 125 Å². The van der Waals surface area contributed by atoms with E-state index in [2.05, 4.69) is 38.3 Å². The molecule has 0 fully saturated rings. The van der Waals surface area contributed by atoms with Gasteiger partial charge < -0.3 is 35.8 Å². The second-order valence-electron chi connectivity index (χ2n) is 18.0. The Labute approximate surface area is 377 Å². The predicted molar refractivity (Wildman–Crippen MR) is 247 cm³/mol. The Morgan fingerprint density at radius 2 is 1.57 bits per heavy atom. The highest BCUT2D eigenvalue weighted by Gasteiger charge is 2.37. The average molecular weight is 897 g/mol. The van der Waals surface area contributed by atoms with Gasteiger partial charge in [0, 0.05) is 79.8 Å². The number of nitrogens with one attached hydrogen (secondary N) is 2. The monoisotopic (exact) mass is 897 g/mol. The fourth-order valence-electron chi connectivity index (χ4n) is 7.43. The van der Waals surface area contributed by atoms with Crippen LogP contribution in [0.15, 0.2) is 60.8 Å². The van der Waals surface area contributed by atoms with Crippen LogP contribution in [0, 0.1) is 23.0 Å². The van der Waals surface area contributed by atoms with Crippen molar-refractivity contribution in [2.24, 2.45) is 17.1 Å². The van der Waals surface area contributed by atoms with Crippen LogP contribution in [0.25, 0.3) is 11.1 Å². The summed E-state index contributed by atoms with van der Waals surface area (Å²) in [5.41, 5.74) is 7.34. The summed E-state index contributed by atoms with van der Waals surface area (Å²) in [5, 5.41) is 15.2. The number of nitrogens with zero attached hydrogens (tertiary/aromatic N) is 3. The number of carbonyl (C=O) groups excluding carboxylic acids is 4. The molecule has 15 heteroatoms. The number of halogens is 2. The number of thioether (sulfide) groups is 1. The van der Waals surface area contributed by atoms with Crippen molar-refractivity contribution >= 4 is 41.4 Å². The standard InChI is InChI=1S/C48H70F2N6O6S/c1-9-43(59)56(48(7,8)33(2)3)26-15-11-14-19-41(57)52-24-22-42(58)53-39(46(61)62)31-63-32-44(60)55(25-16-23-51)45(47(4,5)6)40-27-35(37-28-36(49)20-21-38(37)50)30-54(40)29-34-17-12-10-13-18-34/h10,12-13,17-18,20-21,27-28,30,33,39,45H,9,11,14-16,19,22-26,29,31-32,51H2,1-8H3,(H,52,57)(H,53,58)(H,61,62)/t39-,45-/m0/s1. The van der Waals surface area contributed by atoms with Crippen molar-refractivity contribution in [1.29, 1.82) is 0 Å². The molecule has 5 N–H and O–H groups in total. The molecule has 0 saturated heterocycles. The number of nitrogens with two attached hydrogens (primary N) is 1. The summed E-state index contributed by atoms with van der Waals surface area (Å²) in [4.78, 5) is 68.0. The second kappa shape index (κ2) is 24.9. The quantitative estimate of drug-likeness (QED) is 0.0593. The largest absolute Gasteiger partial charge is 0.480 e. The maximum Gasteiger partial charge on any atom is 0.327 e. The van der Waals surface area contributed by atoms with E-state index in [0.29, 0.717) is 50.2 Å². The van der Waals surface area contributed by atoms with Crippen molar-refractivity contribution < 1.29 is 37.9 Å². The fraction of sp³-hybridized carbons (Fsp3) is 0.562. The highest BCUT2D eigenvalue weighted by atomic mass is 32.2. The number of aromatic nitrogens is 1. The molecule has 1 heterocycles. The minimum atomic E-state index is -1.28. The Hall–Kier alpha value is -4.76. The molecule has 0 aliphatic carbocycles. The first-order valence-electron chi connectivity index (χ1n) is 22.1. The lowest BCUT2D eigenvalue weighted by Crippen LogP contribution is -2.51. The van der Waals surface area contributed by atoms with E-state index >= 15 is 4.39 Å². The van der Waals surface area contributed by atoms with Crippen LogP contribution in [-0.4, -0.2) is 98.3 Å². The zero-order valence-electron chi connectivity index (χ0n) is 38.5. The third-order valence-corrected chi connectivity index (χ3v) is 12.5. The molecule has 12 nitrogen and oxygen atoms in total. The van der Waals surface area contributed by atoms with E-state index in [1.165, 1.54) is 0 Å². The smallest absolute Gasteiger partial charge is 0.327 e. The van der Waals surface area contributed by atoms with Crippen molar-refractivity contribution in [2.75, 3.05) is 37.7 Å². The van der Waals surface area contributed by atoms with E-state index in [1.807, 2.05) is 67.5 Å². The number of amides is 4. The number of unbranched alkanes of at least 4 members (excludes halogenated alkanes) is 2. The first-order chi connectivity index (χ1) is 29.7. The number of benzene rings is 2. The Bertz CT molecular complexity index is 1970. The van der Waals surface area contributed by atoms with Crippen LogP contribution in [0.3, 0.4) is 0 Å². The average Bonchev–Trinajstić information content (AvgIpc) is 3.62. The van der Waals surface area contributed by atoms with Crippen LogP contribution in [0.1, 0.15) is 118 Å². The number of carboxylic acid groups (broad SMARTS) is 1. The Morgan fingerprint density at radius 3 is 2.19 bits per heavy atom. The molecule has 0 saturated carbocycles. The van der Waals surface area contributed by atoms with Crippen molar-refractivity contribution in [3.8, 4) is 11.1 Å². The maximum atomic E-state index is 15.1. The van der Waals surface area contributed by atoms with E-state index in [1.54, 1.807) is 17.2 Å². The molecule has 0 radical (unpaired) electrons. The molecule has 4 amide bonds. The van der Waals surface area contributed by atoms with E-state index in [0.717, 1.165) is 48.4 Å². The normalized spacial score (nSPS) is 12.8. The molecule has 3 rings (SSSR count). The highest BCUT2D eigenvalue weighted by molar-refractivity contribution is 8.00. The Balaban J connectivity index is 1.63. The fourth-order valence-corrected chi connectivity index (χ4v) is 8.35. The SMILES string of the molecule is CCC(=O)N(CCCCCC(=O)NCCC(=O)N[C@@H](CSCC(=O)N(CCCN)[C@@H](c1cc(-c2cc(F)ccc2F)cn1Cc1ccccc1)C(C)(C)C)C(=O)O)C(C)(C)C(C)C. The van der Waals surface area contributed by atoms with Gasteiger partial charge in [-0.25, -0.2) is 13.6 Å². The van der Waals surface area contributed by atoms with Crippen LogP contribution in [0.2, 0.25) is 0 Å². The first-order valence-corrected chi connectivity index (χ1v) is 23.2. The molecule has 63 heavy (non-hydrogen) atoms. The highest BCUT2D eigenvalue weighted by Crippen LogP contribution is 2.41. The lowest BCUT2D eigenvalue weighted by Gasteiger charge is -2.42. The molecular formula is C48H70F2N6O6S. The van der Waals surface area contributed by atoms with Crippen LogP contribution in [-0.2, 0) is 30.5 Å². The summed E-state index contributed by atoms with van der Waals surface area (Å²) in [5.74, 6) is -3.25. The second-order valence-corrected chi connectivity index (χ2v) is 19.0. The molecule has 2 atom stereocenters. The first kappa shape index (κ1) is 52.6. The topological polar surface area (TPSA) is 167 Å². The zero-order chi connectivity index (χ0) is 46.9. The predicted octanol–water partition coefficient (Wildman–Crippen LogP) is 7.79. The van der Waals surface area contributed by atoms with Gasteiger partial charge in [0.25, 0.3) is 0 Å². The molecule has 2 aromatic carbocycles.